The molecular formula is C30H41N3O4S. The van der Waals surface area contributed by atoms with Crippen molar-refractivity contribution in [3.05, 3.63) is 70.9 Å². The van der Waals surface area contributed by atoms with Crippen molar-refractivity contribution < 1.29 is 18.0 Å². The molecule has 1 aliphatic heterocycles. The average Bonchev–Trinajstić information content (AvgIpc) is 3.02. The van der Waals surface area contributed by atoms with Crippen LogP contribution >= 0.6 is 0 Å². The predicted octanol–water partition coefficient (Wildman–Crippen LogP) is 6.39. The number of rotatable bonds is 6. The number of benzene rings is 2. The van der Waals surface area contributed by atoms with E-state index < -0.39 is 21.8 Å². The lowest BCUT2D eigenvalue weighted by Gasteiger charge is -2.28. The summed E-state index contributed by atoms with van der Waals surface area (Å²) in [5.41, 5.74) is 2.82. The number of hydrogen-bond donors (Lipinski definition) is 0. The van der Waals surface area contributed by atoms with Gasteiger partial charge in [-0.2, -0.15) is 0 Å². The lowest BCUT2D eigenvalue weighted by Crippen LogP contribution is -2.36. The second-order valence-corrected chi connectivity index (χ2v) is 11.6. The summed E-state index contributed by atoms with van der Waals surface area (Å²) in [4.78, 5) is 31.1. The maximum atomic E-state index is 14.0. The lowest BCUT2D eigenvalue weighted by molar-refractivity contribution is -0.115. The Kier molecular flexibility index (Phi) is 10.6. The molecule has 2 aromatic rings. The maximum absolute atomic E-state index is 14.0. The summed E-state index contributed by atoms with van der Waals surface area (Å²) in [5.74, 6) is -1.00. The molecule has 1 unspecified atom stereocenters. The molecular weight excluding hydrogens is 498 g/mol. The number of sulfonamides is 1. The zero-order valence-corrected chi connectivity index (χ0v) is 24.7. The molecule has 3 rings (SSSR count). The smallest absolute Gasteiger partial charge is 0.265 e. The highest BCUT2D eigenvalue weighted by Gasteiger charge is 2.35. The standard InChI is InChI=1S/C28H35N3O4S.C2H6/c1-7-28(5)15-16-30(26(19-29-6)21(3)18-28)36(34,35)24-13-10-12-23(17-24)31(22(4)32)27(33)25-14-9-8-11-20(25)2;1-2/h8-14,17,19H,7,15-16,18H2,1-6H3;1-2H3. The van der Waals surface area contributed by atoms with Crippen LogP contribution < -0.4 is 4.90 Å². The first-order valence-corrected chi connectivity index (χ1v) is 14.5. The molecule has 0 bridgehead atoms. The van der Waals surface area contributed by atoms with Crippen LogP contribution in [-0.4, -0.2) is 44.3 Å². The Labute approximate surface area is 228 Å². The Morgan fingerprint density at radius 2 is 1.76 bits per heavy atom. The summed E-state index contributed by atoms with van der Waals surface area (Å²) in [5, 5.41) is 0. The van der Waals surface area contributed by atoms with Crippen LogP contribution in [-0.2, 0) is 14.8 Å². The van der Waals surface area contributed by atoms with Crippen LogP contribution in [0, 0.1) is 12.3 Å². The average molecular weight is 540 g/mol. The minimum atomic E-state index is -3.99. The predicted molar refractivity (Wildman–Crippen MR) is 155 cm³/mol. The molecule has 0 fully saturated rings. The van der Waals surface area contributed by atoms with E-state index in [1.54, 1.807) is 50.5 Å². The van der Waals surface area contributed by atoms with E-state index in [1.807, 2.05) is 26.8 Å². The molecule has 0 aliphatic carbocycles. The van der Waals surface area contributed by atoms with E-state index in [0.717, 1.165) is 28.9 Å². The van der Waals surface area contributed by atoms with Gasteiger partial charge in [0.1, 0.15) is 0 Å². The number of allylic oxidation sites excluding steroid dienone is 2. The van der Waals surface area contributed by atoms with Gasteiger partial charge in [-0.25, -0.2) is 13.3 Å². The zero-order valence-electron chi connectivity index (χ0n) is 23.9. The summed E-state index contributed by atoms with van der Waals surface area (Å²) in [6.45, 7) is 13.6. The quantitative estimate of drug-likeness (QED) is 0.398. The molecule has 0 aromatic heterocycles. The molecule has 2 amide bonds. The second-order valence-electron chi connectivity index (χ2n) is 9.69. The van der Waals surface area contributed by atoms with Crippen molar-refractivity contribution in [3.63, 3.8) is 0 Å². The van der Waals surface area contributed by atoms with Gasteiger partial charge in [0.25, 0.3) is 15.9 Å². The van der Waals surface area contributed by atoms with Gasteiger partial charge in [-0.3, -0.25) is 18.9 Å². The van der Waals surface area contributed by atoms with E-state index in [0.29, 0.717) is 24.2 Å². The first kappa shape index (κ1) is 31.0. The van der Waals surface area contributed by atoms with Gasteiger partial charge in [-0.05, 0) is 67.5 Å². The van der Waals surface area contributed by atoms with E-state index in [4.69, 9.17) is 0 Å². The number of aryl methyl sites for hydroxylation is 1. The van der Waals surface area contributed by atoms with Crippen LogP contribution in [0.4, 0.5) is 5.69 Å². The van der Waals surface area contributed by atoms with E-state index in [2.05, 4.69) is 18.8 Å². The van der Waals surface area contributed by atoms with E-state index in [-0.39, 0.29) is 16.0 Å². The Bertz CT molecular complexity index is 1330. The number of nitrogens with zero attached hydrogens (tertiary/aromatic N) is 3. The molecule has 2 aromatic carbocycles. The molecule has 1 atom stereocenters. The van der Waals surface area contributed by atoms with Gasteiger partial charge >= 0.3 is 0 Å². The van der Waals surface area contributed by atoms with Gasteiger partial charge in [0.05, 0.1) is 16.3 Å². The first-order chi connectivity index (χ1) is 17.9. The number of aliphatic imine (C=N–C) groups is 1. The molecule has 7 nitrogen and oxygen atoms in total. The first-order valence-electron chi connectivity index (χ1n) is 13.1. The summed E-state index contributed by atoms with van der Waals surface area (Å²) in [7, 11) is -2.37. The largest absolute Gasteiger partial charge is 0.294 e. The third-order valence-corrected chi connectivity index (χ3v) is 8.79. The van der Waals surface area contributed by atoms with Crippen molar-refractivity contribution >= 4 is 33.7 Å². The van der Waals surface area contributed by atoms with Crippen molar-refractivity contribution in [1.82, 2.24) is 4.31 Å². The second kappa shape index (κ2) is 13.0. The highest BCUT2D eigenvalue weighted by molar-refractivity contribution is 7.89. The third-order valence-electron chi connectivity index (χ3n) is 6.98. The van der Waals surface area contributed by atoms with E-state index >= 15 is 0 Å². The van der Waals surface area contributed by atoms with E-state index in [9.17, 15) is 18.0 Å². The highest BCUT2D eigenvalue weighted by Crippen LogP contribution is 2.39. The number of anilines is 1. The number of carbonyl (C=O) groups is 2. The topological polar surface area (TPSA) is 87.1 Å². The Hall–Kier alpha value is -3.26. The molecule has 8 heteroatoms. The number of imide groups is 1. The molecule has 0 saturated carbocycles. The molecule has 1 aliphatic rings. The SMILES string of the molecule is CC.CCC1(C)CCN(S(=O)(=O)c2cccc(N(C(C)=O)C(=O)c3ccccc3C)c2)C(C=NC)=C(C)C1. The van der Waals surface area contributed by atoms with Gasteiger partial charge in [-0.1, -0.05) is 58.4 Å². The van der Waals surface area contributed by atoms with Gasteiger partial charge < -0.3 is 0 Å². The number of carbonyl (C=O) groups excluding carboxylic acids is 2. The monoisotopic (exact) mass is 539 g/mol. The summed E-state index contributed by atoms with van der Waals surface area (Å²) in [6, 6.07) is 13.0. The van der Waals surface area contributed by atoms with Crippen molar-refractivity contribution in [2.45, 2.75) is 72.6 Å². The Balaban J connectivity index is 0.00000247. The Morgan fingerprint density at radius 3 is 2.34 bits per heavy atom. The molecule has 0 radical (unpaired) electrons. The van der Waals surface area contributed by atoms with Crippen LogP contribution in [0.1, 0.15) is 76.7 Å². The summed E-state index contributed by atoms with van der Waals surface area (Å²) in [6.07, 6.45) is 4.01. The maximum Gasteiger partial charge on any atom is 0.265 e. The molecule has 38 heavy (non-hydrogen) atoms. The van der Waals surface area contributed by atoms with Crippen molar-refractivity contribution in [2.75, 3.05) is 18.5 Å². The van der Waals surface area contributed by atoms with Crippen molar-refractivity contribution in [3.8, 4) is 0 Å². The van der Waals surface area contributed by atoms with Crippen LogP contribution in [0.5, 0.6) is 0 Å². The van der Waals surface area contributed by atoms with Gasteiger partial charge in [0, 0.05) is 32.3 Å². The zero-order chi connectivity index (χ0) is 28.7. The number of hydrogen-bond acceptors (Lipinski definition) is 5. The molecule has 0 N–H and O–H groups in total. The fourth-order valence-corrected chi connectivity index (χ4v) is 6.23. The van der Waals surface area contributed by atoms with Gasteiger partial charge in [0.2, 0.25) is 5.91 Å². The molecule has 1 heterocycles. The van der Waals surface area contributed by atoms with Crippen molar-refractivity contribution in [2.24, 2.45) is 10.4 Å². The molecule has 206 valence electrons. The van der Waals surface area contributed by atoms with Crippen LogP contribution in [0.15, 0.2) is 69.7 Å². The molecule has 0 spiro atoms. The number of amides is 2. The normalized spacial score (nSPS) is 18.1. The van der Waals surface area contributed by atoms with Crippen LogP contribution in [0.3, 0.4) is 0 Å². The minimum Gasteiger partial charge on any atom is -0.294 e. The fraction of sp³-hybridized carbons (Fsp3) is 0.433. The third kappa shape index (κ3) is 6.59. The Morgan fingerprint density at radius 1 is 1.11 bits per heavy atom. The van der Waals surface area contributed by atoms with E-state index in [1.165, 1.54) is 23.4 Å². The lowest BCUT2D eigenvalue weighted by atomic mass is 9.79. The fourth-order valence-electron chi connectivity index (χ4n) is 4.66. The summed E-state index contributed by atoms with van der Waals surface area (Å²) < 4.78 is 29.3. The van der Waals surface area contributed by atoms with Crippen LogP contribution in [0.2, 0.25) is 0 Å². The molecule has 0 saturated heterocycles. The summed E-state index contributed by atoms with van der Waals surface area (Å²) >= 11 is 0. The minimum absolute atomic E-state index is 0.0127. The van der Waals surface area contributed by atoms with Gasteiger partial charge in [-0.15, -0.1) is 0 Å². The highest BCUT2D eigenvalue weighted by atomic mass is 32.2. The van der Waals surface area contributed by atoms with Crippen molar-refractivity contribution in [1.29, 1.82) is 0 Å². The van der Waals surface area contributed by atoms with Gasteiger partial charge in [0.15, 0.2) is 0 Å². The van der Waals surface area contributed by atoms with Crippen LogP contribution in [0.25, 0.3) is 0 Å².